The largest absolute Gasteiger partial charge is 0.493 e. The fraction of sp³-hybridized carbons (Fsp3) is 0.286. The summed E-state index contributed by atoms with van der Waals surface area (Å²) in [5.74, 6) is 1.02. The molecule has 2 aromatic carbocycles. The van der Waals surface area contributed by atoms with E-state index in [4.69, 9.17) is 9.47 Å². The molecule has 1 aliphatic rings. The van der Waals surface area contributed by atoms with Gasteiger partial charge in [0.1, 0.15) is 0 Å². The lowest BCUT2D eigenvalue weighted by molar-refractivity contribution is 0.202. The fourth-order valence-corrected chi connectivity index (χ4v) is 3.84. The lowest BCUT2D eigenvalue weighted by Gasteiger charge is -2.14. The zero-order chi connectivity index (χ0) is 20.7. The first kappa shape index (κ1) is 18.8. The molecule has 0 atom stereocenters. The summed E-state index contributed by atoms with van der Waals surface area (Å²) in [4.78, 5) is 25.3. The van der Waals surface area contributed by atoms with Crippen LogP contribution in [-0.4, -0.2) is 41.7 Å². The van der Waals surface area contributed by atoms with Crippen molar-refractivity contribution in [2.24, 2.45) is 7.05 Å². The van der Waals surface area contributed by atoms with Crippen LogP contribution in [-0.2, 0) is 19.9 Å². The molecule has 8 nitrogen and oxygen atoms in total. The summed E-state index contributed by atoms with van der Waals surface area (Å²) < 4.78 is 12.0. The molecule has 0 spiro atoms. The first-order valence-corrected chi connectivity index (χ1v) is 9.17. The zero-order valence-electron chi connectivity index (χ0n) is 16.4. The highest BCUT2D eigenvalue weighted by Crippen LogP contribution is 2.33. The summed E-state index contributed by atoms with van der Waals surface area (Å²) in [6, 6.07) is 9.20. The van der Waals surface area contributed by atoms with Crippen molar-refractivity contribution in [1.82, 2.24) is 9.78 Å². The molecule has 3 aromatic rings. The van der Waals surface area contributed by atoms with Crippen LogP contribution < -0.4 is 19.9 Å². The second-order valence-electron chi connectivity index (χ2n) is 6.95. The lowest BCUT2D eigenvalue weighted by Crippen LogP contribution is -2.26. The van der Waals surface area contributed by atoms with Crippen LogP contribution in [0, 0.1) is 0 Å². The van der Waals surface area contributed by atoms with Gasteiger partial charge in [-0.1, -0.05) is 12.1 Å². The van der Waals surface area contributed by atoms with Crippen LogP contribution in [0.1, 0.15) is 16.8 Å². The molecular weight excluding hydrogens is 374 g/mol. The number of aromatic nitrogens is 2. The van der Waals surface area contributed by atoms with Crippen molar-refractivity contribution >= 4 is 22.6 Å². The number of anilines is 1. The normalized spacial score (nSPS) is 12.9. The van der Waals surface area contributed by atoms with Crippen LogP contribution in [0.5, 0.6) is 11.5 Å². The van der Waals surface area contributed by atoms with Crippen molar-refractivity contribution in [3.05, 3.63) is 57.5 Å². The quantitative estimate of drug-likeness (QED) is 0.730. The minimum Gasteiger partial charge on any atom is -0.493 e. The third-order valence-corrected chi connectivity index (χ3v) is 5.27. The van der Waals surface area contributed by atoms with E-state index in [1.54, 1.807) is 26.3 Å². The Morgan fingerprint density at radius 2 is 1.83 bits per heavy atom. The minimum absolute atomic E-state index is 0.212. The van der Waals surface area contributed by atoms with E-state index < -0.39 is 6.09 Å². The molecular formula is C21H21N3O5. The number of ether oxygens (including phenoxy) is 2. The van der Waals surface area contributed by atoms with E-state index in [2.05, 4.69) is 5.10 Å². The molecule has 4 rings (SSSR count). The maximum atomic E-state index is 12.6. The third kappa shape index (κ3) is 3.16. The molecule has 1 aromatic heterocycles. The standard InChI is InChI=1S/C21H21N3O5/c1-23-20(25)15-11-19(29-3)18(28-2)10-14(15)16(22-23)9-12-4-5-17-13(8-12)6-7-24(17)21(26)27/h4-5,8,10-11H,6-7,9H2,1-3H3,(H,26,27). The van der Waals surface area contributed by atoms with Gasteiger partial charge in [0.15, 0.2) is 11.5 Å². The molecule has 1 amide bonds. The van der Waals surface area contributed by atoms with Gasteiger partial charge >= 0.3 is 6.09 Å². The highest BCUT2D eigenvalue weighted by Gasteiger charge is 2.24. The molecule has 1 N–H and O–H groups in total. The van der Waals surface area contributed by atoms with E-state index in [0.717, 1.165) is 22.5 Å². The average Bonchev–Trinajstić information content (AvgIpc) is 3.14. The number of carbonyl (C=O) groups is 1. The van der Waals surface area contributed by atoms with Gasteiger partial charge in [-0.2, -0.15) is 5.10 Å². The Balaban J connectivity index is 1.80. The summed E-state index contributed by atoms with van der Waals surface area (Å²) >= 11 is 0. The minimum atomic E-state index is -0.941. The maximum Gasteiger partial charge on any atom is 0.411 e. The molecule has 0 aliphatic carbocycles. The summed E-state index contributed by atoms with van der Waals surface area (Å²) in [6.45, 7) is 0.464. The molecule has 0 unspecified atom stereocenters. The average molecular weight is 395 g/mol. The second-order valence-corrected chi connectivity index (χ2v) is 6.95. The van der Waals surface area contributed by atoms with E-state index in [1.165, 1.54) is 16.7 Å². The Morgan fingerprint density at radius 1 is 1.14 bits per heavy atom. The van der Waals surface area contributed by atoms with Gasteiger partial charge in [-0.25, -0.2) is 9.48 Å². The molecule has 0 bridgehead atoms. The molecule has 0 saturated heterocycles. The van der Waals surface area contributed by atoms with Gasteiger partial charge in [0.25, 0.3) is 5.56 Å². The van der Waals surface area contributed by atoms with E-state index in [1.807, 2.05) is 18.2 Å². The van der Waals surface area contributed by atoms with Crippen LogP contribution in [0.2, 0.25) is 0 Å². The third-order valence-electron chi connectivity index (χ3n) is 5.27. The molecule has 0 saturated carbocycles. The number of amides is 1. The van der Waals surface area contributed by atoms with Crippen LogP contribution in [0.4, 0.5) is 10.5 Å². The lowest BCUT2D eigenvalue weighted by atomic mass is 10.0. The van der Waals surface area contributed by atoms with Crippen molar-refractivity contribution < 1.29 is 19.4 Å². The van der Waals surface area contributed by atoms with E-state index in [9.17, 15) is 14.7 Å². The van der Waals surface area contributed by atoms with Crippen molar-refractivity contribution in [3.63, 3.8) is 0 Å². The van der Waals surface area contributed by atoms with Crippen LogP contribution in [0.25, 0.3) is 10.8 Å². The Morgan fingerprint density at radius 3 is 2.48 bits per heavy atom. The number of methoxy groups -OCH3 is 2. The number of benzene rings is 2. The van der Waals surface area contributed by atoms with Gasteiger partial charge in [-0.3, -0.25) is 9.69 Å². The first-order valence-electron chi connectivity index (χ1n) is 9.17. The summed E-state index contributed by atoms with van der Waals surface area (Å²) in [7, 11) is 4.70. The highest BCUT2D eigenvalue weighted by atomic mass is 16.5. The second kappa shape index (κ2) is 7.12. The van der Waals surface area contributed by atoms with Crippen molar-refractivity contribution in [2.75, 3.05) is 25.7 Å². The van der Waals surface area contributed by atoms with E-state index >= 15 is 0 Å². The van der Waals surface area contributed by atoms with Gasteiger partial charge in [0.2, 0.25) is 0 Å². The number of carboxylic acid groups (broad SMARTS) is 1. The van der Waals surface area contributed by atoms with Crippen molar-refractivity contribution in [1.29, 1.82) is 0 Å². The Hall–Kier alpha value is -3.55. The Kier molecular flexibility index (Phi) is 4.62. The zero-order valence-corrected chi connectivity index (χ0v) is 16.4. The monoisotopic (exact) mass is 395 g/mol. The van der Waals surface area contributed by atoms with Crippen LogP contribution in [0.15, 0.2) is 35.1 Å². The van der Waals surface area contributed by atoms with Gasteiger partial charge in [0, 0.05) is 25.4 Å². The highest BCUT2D eigenvalue weighted by molar-refractivity contribution is 5.89. The molecule has 0 fully saturated rings. The first-order chi connectivity index (χ1) is 13.9. The fourth-order valence-electron chi connectivity index (χ4n) is 3.84. The number of hydrogen-bond donors (Lipinski definition) is 1. The molecule has 8 heteroatoms. The summed E-state index contributed by atoms with van der Waals surface area (Å²) in [5.41, 5.74) is 3.24. The smallest absolute Gasteiger partial charge is 0.411 e. The van der Waals surface area contributed by atoms with Gasteiger partial charge in [-0.15, -0.1) is 0 Å². The topological polar surface area (TPSA) is 93.9 Å². The predicted molar refractivity (Wildman–Crippen MR) is 108 cm³/mol. The van der Waals surface area contributed by atoms with Gasteiger partial charge < -0.3 is 14.6 Å². The molecule has 0 radical (unpaired) electrons. The predicted octanol–water partition coefficient (Wildman–Crippen LogP) is 2.58. The van der Waals surface area contributed by atoms with Crippen molar-refractivity contribution in [2.45, 2.75) is 12.8 Å². The maximum absolute atomic E-state index is 12.6. The van der Waals surface area contributed by atoms with Crippen LogP contribution in [0.3, 0.4) is 0 Å². The molecule has 1 aliphatic heterocycles. The number of rotatable bonds is 4. The molecule has 2 heterocycles. The summed E-state index contributed by atoms with van der Waals surface area (Å²) in [6.07, 6.45) is 0.242. The summed E-state index contributed by atoms with van der Waals surface area (Å²) in [5, 5.41) is 15.0. The Bertz CT molecular complexity index is 1190. The molecule has 29 heavy (non-hydrogen) atoms. The number of fused-ring (bicyclic) bond motifs is 2. The van der Waals surface area contributed by atoms with Crippen molar-refractivity contribution in [3.8, 4) is 11.5 Å². The SMILES string of the molecule is COc1cc2c(Cc3ccc4c(c3)CCN4C(=O)O)nn(C)c(=O)c2cc1OC. The van der Waals surface area contributed by atoms with Crippen LogP contribution >= 0.6 is 0 Å². The number of hydrogen-bond acceptors (Lipinski definition) is 5. The van der Waals surface area contributed by atoms with Gasteiger partial charge in [0.05, 0.1) is 31.0 Å². The Labute approximate surface area is 166 Å². The van der Waals surface area contributed by atoms with E-state index in [0.29, 0.717) is 41.7 Å². The van der Waals surface area contributed by atoms with Gasteiger partial charge in [-0.05, 0) is 35.7 Å². The number of nitrogens with zero attached hydrogens (tertiary/aromatic N) is 3. The number of aryl methyl sites for hydroxylation is 1. The van der Waals surface area contributed by atoms with E-state index in [-0.39, 0.29) is 5.56 Å². The molecule has 150 valence electrons.